The zero-order chi connectivity index (χ0) is 12.8. The minimum absolute atomic E-state index is 0.126. The highest BCUT2D eigenvalue weighted by molar-refractivity contribution is 6.03. The van der Waals surface area contributed by atoms with Gasteiger partial charge in [-0.05, 0) is 43.4 Å². The van der Waals surface area contributed by atoms with Crippen LogP contribution in [0.1, 0.15) is 41.1 Å². The standard InChI is InChI=1S/C15H19N3O/c19-15-14-11(10-4-5-10)2-1-3-12(14)18-9-8-16-7-6-13(18)17-15/h1-3,10,13,16H,4-9H2,(H,17,19). The number of rotatable bonds is 1. The SMILES string of the molecule is O=C1NC2CCNCCN2c2cccc(C3CC3)c21. The first-order valence-corrected chi connectivity index (χ1v) is 7.26. The van der Waals surface area contributed by atoms with Crippen molar-refractivity contribution in [2.75, 3.05) is 24.5 Å². The number of amides is 1. The lowest BCUT2D eigenvalue weighted by Crippen LogP contribution is -2.53. The van der Waals surface area contributed by atoms with Gasteiger partial charge in [0.25, 0.3) is 5.91 Å². The predicted molar refractivity (Wildman–Crippen MR) is 74.5 cm³/mol. The summed E-state index contributed by atoms with van der Waals surface area (Å²) in [5, 5.41) is 6.59. The molecule has 1 aromatic carbocycles. The Labute approximate surface area is 113 Å². The molecule has 0 radical (unpaired) electrons. The maximum Gasteiger partial charge on any atom is 0.255 e. The number of fused-ring (bicyclic) bond motifs is 3. The van der Waals surface area contributed by atoms with Crippen molar-refractivity contribution in [1.82, 2.24) is 10.6 Å². The summed E-state index contributed by atoms with van der Waals surface area (Å²) in [5.41, 5.74) is 3.33. The highest BCUT2D eigenvalue weighted by Crippen LogP contribution is 2.44. The number of nitrogens with zero attached hydrogens (tertiary/aromatic N) is 1. The van der Waals surface area contributed by atoms with Gasteiger partial charge in [0.15, 0.2) is 0 Å². The molecule has 2 heterocycles. The Hall–Kier alpha value is -1.55. The third-order valence-corrected chi connectivity index (χ3v) is 4.43. The molecule has 1 unspecified atom stereocenters. The van der Waals surface area contributed by atoms with Crippen molar-refractivity contribution >= 4 is 11.6 Å². The van der Waals surface area contributed by atoms with Gasteiger partial charge in [-0.1, -0.05) is 12.1 Å². The minimum Gasteiger partial charge on any atom is -0.349 e. The molecular weight excluding hydrogens is 238 g/mol. The molecule has 1 aromatic rings. The van der Waals surface area contributed by atoms with Gasteiger partial charge in [-0.25, -0.2) is 0 Å². The number of carbonyl (C=O) groups excluding carboxylic acids is 1. The van der Waals surface area contributed by atoms with E-state index < -0.39 is 0 Å². The van der Waals surface area contributed by atoms with Crippen molar-refractivity contribution in [3.63, 3.8) is 0 Å². The van der Waals surface area contributed by atoms with Crippen LogP contribution in [0.15, 0.2) is 18.2 Å². The number of benzene rings is 1. The number of hydrogen-bond acceptors (Lipinski definition) is 3. The molecule has 0 bridgehead atoms. The lowest BCUT2D eigenvalue weighted by Gasteiger charge is -2.38. The maximum atomic E-state index is 12.4. The van der Waals surface area contributed by atoms with E-state index in [1.807, 2.05) is 0 Å². The molecule has 1 saturated heterocycles. The van der Waals surface area contributed by atoms with E-state index >= 15 is 0 Å². The molecule has 2 aliphatic heterocycles. The second-order valence-corrected chi connectivity index (χ2v) is 5.74. The van der Waals surface area contributed by atoms with Crippen molar-refractivity contribution in [3.05, 3.63) is 29.3 Å². The smallest absolute Gasteiger partial charge is 0.255 e. The first-order chi connectivity index (χ1) is 9.34. The van der Waals surface area contributed by atoms with Crippen molar-refractivity contribution in [1.29, 1.82) is 0 Å². The van der Waals surface area contributed by atoms with Crippen molar-refractivity contribution < 1.29 is 4.79 Å². The third kappa shape index (κ3) is 1.82. The second kappa shape index (κ2) is 4.23. The largest absolute Gasteiger partial charge is 0.349 e. The van der Waals surface area contributed by atoms with Crippen molar-refractivity contribution in [2.45, 2.75) is 31.3 Å². The molecule has 4 heteroatoms. The molecule has 100 valence electrons. The van der Waals surface area contributed by atoms with Crippen LogP contribution in [0.4, 0.5) is 5.69 Å². The van der Waals surface area contributed by atoms with Crippen LogP contribution < -0.4 is 15.5 Å². The van der Waals surface area contributed by atoms with Crippen LogP contribution >= 0.6 is 0 Å². The van der Waals surface area contributed by atoms with E-state index in [0.717, 1.165) is 37.3 Å². The summed E-state index contributed by atoms with van der Waals surface area (Å²) in [6.45, 7) is 2.92. The fourth-order valence-corrected chi connectivity index (χ4v) is 3.32. The topological polar surface area (TPSA) is 44.4 Å². The molecule has 1 atom stereocenters. The van der Waals surface area contributed by atoms with E-state index in [1.54, 1.807) is 0 Å². The van der Waals surface area contributed by atoms with Gasteiger partial charge in [-0.3, -0.25) is 4.79 Å². The Morgan fingerprint density at radius 2 is 2.05 bits per heavy atom. The molecule has 1 amide bonds. The van der Waals surface area contributed by atoms with Crippen LogP contribution in [0.2, 0.25) is 0 Å². The van der Waals surface area contributed by atoms with E-state index in [1.165, 1.54) is 18.4 Å². The molecule has 4 rings (SSSR count). The summed E-state index contributed by atoms with van der Waals surface area (Å²) in [7, 11) is 0. The summed E-state index contributed by atoms with van der Waals surface area (Å²) in [6, 6.07) is 6.35. The van der Waals surface area contributed by atoms with Gasteiger partial charge in [0.2, 0.25) is 0 Å². The Bertz CT molecular complexity index is 524. The zero-order valence-corrected chi connectivity index (χ0v) is 11.0. The molecule has 0 spiro atoms. The van der Waals surface area contributed by atoms with Gasteiger partial charge in [0, 0.05) is 13.1 Å². The number of anilines is 1. The van der Waals surface area contributed by atoms with Gasteiger partial charge < -0.3 is 15.5 Å². The number of carbonyl (C=O) groups is 1. The highest BCUT2D eigenvalue weighted by Gasteiger charge is 2.36. The summed E-state index contributed by atoms with van der Waals surface area (Å²) < 4.78 is 0. The fourth-order valence-electron chi connectivity index (χ4n) is 3.32. The first-order valence-electron chi connectivity index (χ1n) is 7.26. The van der Waals surface area contributed by atoms with Gasteiger partial charge in [0.05, 0.1) is 11.3 Å². The molecule has 0 aromatic heterocycles. The molecule has 1 saturated carbocycles. The van der Waals surface area contributed by atoms with E-state index in [9.17, 15) is 4.79 Å². The number of nitrogens with one attached hydrogen (secondary N) is 2. The van der Waals surface area contributed by atoms with Crippen LogP contribution in [0.5, 0.6) is 0 Å². The number of hydrogen-bond donors (Lipinski definition) is 2. The first kappa shape index (κ1) is 11.3. The van der Waals surface area contributed by atoms with Gasteiger partial charge in [0.1, 0.15) is 6.17 Å². The van der Waals surface area contributed by atoms with Crippen LogP contribution in [0.25, 0.3) is 0 Å². The van der Waals surface area contributed by atoms with Gasteiger partial charge in [-0.2, -0.15) is 0 Å². The third-order valence-electron chi connectivity index (χ3n) is 4.43. The summed E-state index contributed by atoms with van der Waals surface area (Å²) in [6.07, 6.45) is 3.59. The van der Waals surface area contributed by atoms with E-state index in [2.05, 4.69) is 33.7 Å². The van der Waals surface area contributed by atoms with Crippen LogP contribution in [-0.2, 0) is 0 Å². The normalized spacial score (nSPS) is 26.2. The Balaban J connectivity index is 1.81. The van der Waals surface area contributed by atoms with E-state index in [0.29, 0.717) is 5.92 Å². The second-order valence-electron chi connectivity index (χ2n) is 5.74. The molecular formula is C15H19N3O. The average molecular weight is 257 g/mol. The minimum atomic E-state index is 0.126. The lowest BCUT2D eigenvalue weighted by molar-refractivity contribution is 0.0925. The van der Waals surface area contributed by atoms with E-state index in [-0.39, 0.29) is 12.1 Å². The van der Waals surface area contributed by atoms with Crippen LogP contribution in [-0.4, -0.2) is 31.7 Å². The molecule has 19 heavy (non-hydrogen) atoms. The Morgan fingerprint density at radius 3 is 2.89 bits per heavy atom. The molecule has 2 N–H and O–H groups in total. The van der Waals surface area contributed by atoms with Gasteiger partial charge in [-0.15, -0.1) is 0 Å². The zero-order valence-electron chi connectivity index (χ0n) is 11.0. The summed E-state index contributed by atoms with van der Waals surface area (Å²) >= 11 is 0. The lowest BCUT2D eigenvalue weighted by atomic mass is 9.97. The molecule has 4 nitrogen and oxygen atoms in total. The summed E-state index contributed by atoms with van der Waals surface area (Å²) in [4.78, 5) is 14.8. The maximum absolute atomic E-state index is 12.4. The Kier molecular flexibility index (Phi) is 2.52. The van der Waals surface area contributed by atoms with Crippen LogP contribution in [0, 0.1) is 0 Å². The average Bonchev–Trinajstić information content (AvgIpc) is 3.25. The van der Waals surface area contributed by atoms with E-state index in [4.69, 9.17) is 0 Å². The van der Waals surface area contributed by atoms with Crippen LogP contribution in [0.3, 0.4) is 0 Å². The quantitative estimate of drug-likeness (QED) is 0.800. The van der Waals surface area contributed by atoms with Gasteiger partial charge >= 0.3 is 0 Å². The van der Waals surface area contributed by atoms with Crippen molar-refractivity contribution in [3.8, 4) is 0 Å². The molecule has 2 fully saturated rings. The molecule has 1 aliphatic carbocycles. The fraction of sp³-hybridized carbons (Fsp3) is 0.533. The monoisotopic (exact) mass is 257 g/mol. The van der Waals surface area contributed by atoms with Crippen molar-refractivity contribution in [2.24, 2.45) is 0 Å². The Morgan fingerprint density at radius 1 is 1.16 bits per heavy atom. The highest BCUT2D eigenvalue weighted by atomic mass is 16.2. The molecule has 3 aliphatic rings. The summed E-state index contributed by atoms with van der Waals surface area (Å²) in [5.74, 6) is 0.739. The predicted octanol–water partition coefficient (Wildman–Crippen LogP) is 1.43.